The van der Waals surface area contributed by atoms with Crippen LogP contribution in [0.4, 0.5) is 16.2 Å². The number of nitrogens with zero attached hydrogens (tertiary/aromatic N) is 2. The highest BCUT2D eigenvalue weighted by Crippen LogP contribution is 2.45. The molecule has 190 valence electrons. The number of rotatable bonds is 5. The van der Waals surface area contributed by atoms with Crippen molar-refractivity contribution in [3.05, 3.63) is 63.8 Å². The molecule has 8 heteroatoms. The maximum absolute atomic E-state index is 13.0. The normalized spacial score (nSPS) is 20.1. The molecule has 2 aromatic carbocycles. The van der Waals surface area contributed by atoms with Crippen LogP contribution in [0.2, 0.25) is 5.02 Å². The lowest BCUT2D eigenvalue weighted by Gasteiger charge is -2.50. The van der Waals surface area contributed by atoms with Gasteiger partial charge in [0.15, 0.2) is 0 Å². The van der Waals surface area contributed by atoms with Crippen molar-refractivity contribution in [2.45, 2.75) is 65.5 Å². The third-order valence-electron chi connectivity index (χ3n) is 6.87. The summed E-state index contributed by atoms with van der Waals surface area (Å²) in [6.07, 6.45) is 2.72. The summed E-state index contributed by atoms with van der Waals surface area (Å²) in [5, 5.41) is 5.85. The van der Waals surface area contributed by atoms with Gasteiger partial charge in [-0.2, -0.15) is 0 Å². The molecule has 7 nitrogen and oxygen atoms in total. The molecule has 2 aliphatic heterocycles. The first-order chi connectivity index (χ1) is 16.9. The molecule has 0 radical (unpaired) electrons. The summed E-state index contributed by atoms with van der Waals surface area (Å²) >= 11 is 5.87. The fourth-order valence-corrected chi connectivity index (χ4v) is 5.62. The number of carbonyl (C=O) groups is 3. The van der Waals surface area contributed by atoms with Crippen molar-refractivity contribution in [2.75, 3.05) is 16.8 Å². The number of aryl methyl sites for hydroxylation is 1. The van der Waals surface area contributed by atoms with Crippen molar-refractivity contribution in [3.8, 4) is 0 Å². The van der Waals surface area contributed by atoms with E-state index >= 15 is 0 Å². The molecule has 2 heterocycles. The van der Waals surface area contributed by atoms with Gasteiger partial charge in [0.2, 0.25) is 5.91 Å². The summed E-state index contributed by atoms with van der Waals surface area (Å²) in [4.78, 5) is 41.4. The second-order valence-corrected chi connectivity index (χ2v) is 11.0. The third-order valence-corrected chi connectivity index (χ3v) is 7.12. The number of fused-ring (bicyclic) bond motifs is 1. The zero-order valence-corrected chi connectivity index (χ0v) is 22.4. The molecule has 2 aromatic rings. The number of hydrogen-bond acceptors (Lipinski definition) is 4. The van der Waals surface area contributed by atoms with Crippen LogP contribution in [0.5, 0.6) is 0 Å². The monoisotopic (exact) mass is 508 g/mol. The Labute approximate surface area is 217 Å². The molecule has 4 amide bonds. The molecule has 1 fully saturated rings. The van der Waals surface area contributed by atoms with Crippen LogP contribution >= 0.6 is 11.6 Å². The summed E-state index contributed by atoms with van der Waals surface area (Å²) < 4.78 is 0. The van der Waals surface area contributed by atoms with E-state index in [-0.39, 0.29) is 17.8 Å². The van der Waals surface area contributed by atoms with E-state index in [0.717, 1.165) is 22.4 Å². The lowest BCUT2D eigenvalue weighted by molar-refractivity contribution is -0.127. The Morgan fingerprint density at radius 1 is 1.22 bits per heavy atom. The van der Waals surface area contributed by atoms with Gasteiger partial charge in [-0.1, -0.05) is 18.5 Å². The van der Waals surface area contributed by atoms with E-state index in [4.69, 9.17) is 11.6 Å². The van der Waals surface area contributed by atoms with E-state index in [9.17, 15) is 14.4 Å². The van der Waals surface area contributed by atoms with E-state index in [1.165, 1.54) is 11.3 Å². The molecule has 4 rings (SSSR count). The van der Waals surface area contributed by atoms with Crippen molar-refractivity contribution in [1.82, 2.24) is 10.2 Å². The standard InChI is InChI=1S/C28H33ClN4O3/c1-16(2)33-24-11-17(3)19(12-22(24)18(4)14-28(33,5)6)13-23-26(35)32(27(36)31-23)15-25(34)30-21-9-7-20(29)8-10-21/h7-13,16,18H,14-15H2,1-6H3,(H,30,34)(H,31,36)/b23-13-/t18-/m0/s1. The van der Waals surface area contributed by atoms with Gasteiger partial charge in [-0.15, -0.1) is 0 Å². The van der Waals surface area contributed by atoms with E-state index in [1.54, 1.807) is 30.3 Å². The van der Waals surface area contributed by atoms with E-state index < -0.39 is 17.8 Å². The maximum Gasteiger partial charge on any atom is 0.329 e. The fraction of sp³-hybridized carbons (Fsp3) is 0.393. The minimum atomic E-state index is -0.616. The molecule has 2 N–H and O–H groups in total. The van der Waals surface area contributed by atoms with Gasteiger partial charge in [-0.05, 0) is 106 Å². The molecule has 0 aromatic heterocycles. The molecule has 1 saturated heterocycles. The fourth-order valence-electron chi connectivity index (χ4n) is 5.49. The molecule has 0 spiro atoms. The predicted molar refractivity (Wildman–Crippen MR) is 144 cm³/mol. The van der Waals surface area contributed by atoms with Crippen molar-refractivity contribution < 1.29 is 14.4 Å². The number of benzene rings is 2. The smallest absolute Gasteiger partial charge is 0.329 e. The molecule has 36 heavy (non-hydrogen) atoms. The number of urea groups is 1. The van der Waals surface area contributed by atoms with Crippen molar-refractivity contribution >= 4 is 46.9 Å². The average Bonchev–Trinajstić information content (AvgIpc) is 3.03. The summed E-state index contributed by atoms with van der Waals surface area (Å²) in [5.41, 5.74) is 5.07. The largest absolute Gasteiger partial charge is 0.364 e. The minimum absolute atomic E-state index is 0.0372. The molecule has 0 bridgehead atoms. The van der Waals surface area contributed by atoms with Crippen LogP contribution in [0.15, 0.2) is 42.1 Å². The Kier molecular flexibility index (Phi) is 6.88. The van der Waals surface area contributed by atoms with Gasteiger partial charge >= 0.3 is 6.03 Å². The second-order valence-electron chi connectivity index (χ2n) is 10.6. The summed E-state index contributed by atoms with van der Waals surface area (Å²) in [6.45, 7) is 12.8. The van der Waals surface area contributed by atoms with Gasteiger partial charge in [0, 0.05) is 28.0 Å². The predicted octanol–water partition coefficient (Wildman–Crippen LogP) is 5.68. The Morgan fingerprint density at radius 2 is 1.89 bits per heavy atom. The van der Waals surface area contributed by atoms with E-state index in [0.29, 0.717) is 22.7 Å². The Balaban J connectivity index is 1.56. The first-order valence-electron chi connectivity index (χ1n) is 12.2. The number of imide groups is 1. The number of anilines is 2. The molecule has 0 unspecified atom stereocenters. The average molecular weight is 509 g/mol. The van der Waals surface area contributed by atoms with Crippen LogP contribution in [0, 0.1) is 6.92 Å². The van der Waals surface area contributed by atoms with Gasteiger partial charge in [0.05, 0.1) is 0 Å². The van der Waals surface area contributed by atoms with Gasteiger partial charge in [-0.3, -0.25) is 9.59 Å². The van der Waals surface area contributed by atoms with E-state index in [1.807, 2.05) is 6.92 Å². The third kappa shape index (κ3) is 4.98. The number of halogens is 1. The minimum Gasteiger partial charge on any atom is -0.364 e. The Morgan fingerprint density at radius 3 is 2.53 bits per heavy atom. The SMILES string of the molecule is Cc1cc2c(cc1/C=C1\NC(=O)N(CC(=O)Nc3ccc(Cl)cc3)C1=O)[C@@H](C)CC(C)(C)N2C(C)C. The molecular weight excluding hydrogens is 476 g/mol. The van der Waals surface area contributed by atoms with E-state index in [2.05, 4.69) is 62.3 Å². The van der Waals surface area contributed by atoms with Gasteiger partial charge in [-0.25, -0.2) is 9.69 Å². The highest BCUT2D eigenvalue weighted by molar-refractivity contribution is 6.30. The van der Waals surface area contributed by atoms with Crippen LogP contribution in [0.1, 0.15) is 63.6 Å². The number of hydrogen-bond donors (Lipinski definition) is 2. The zero-order valence-electron chi connectivity index (χ0n) is 21.6. The van der Waals surface area contributed by atoms with Crippen molar-refractivity contribution in [3.63, 3.8) is 0 Å². The molecule has 0 aliphatic carbocycles. The first kappa shape index (κ1) is 25.8. The molecule has 2 aliphatic rings. The first-order valence-corrected chi connectivity index (χ1v) is 12.6. The summed E-state index contributed by atoms with van der Waals surface area (Å²) in [7, 11) is 0. The van der Waals surface area contributed by atoms with Crippen LogP contribution in [-0.4, -0.2) is 40.9 Å². The number of amides is 4. The van der Waals surface area contributed by atoms with Gasteiger partial charge in [0.25, 0.3) is 5.91 Å². The van der Waals surface area contributed by atoms with Crippen molar-refractivity contribution in [1.29, 1.82) is 0 Å². The van der Waals surface area contributed by atoms with Gasteiger partial charge < -0.3 is 15.5 Å². The Bertz CT molecular complexity index is 1250. The van der Waals surface area contributed by atoms with Crippen LogP contribution in [0.3, 0.4) is 0 Å². The lowest BCUT2D eigenvalue weighted by atomic mass is 9.78. The van der Waals surface area contributed by atoms with Crippen molar-refractivity contribution in [2.24, 2.45) is 0 Å². The quantitative estimate of drug-likeness (QED) is 0.402. The highest BCUT2D eigenvalue weighted by Gasteiger charge is 2.38. The molecular formula is C28H33ClN4O3. The lowest BCUT2D eigenvalue weighted by Crippen LogP contribution is -2.51. The zero-order chi connectivity index (χ0) is 26.4. The van der Waals surface area contributed by atoms with Crippen LogP contribution < -0.4 is 15.5 Å². The molecule has 1 atom stereocenters. The topological polar surface area (TPSA) is 81.8 Å². The Hall–Kier alpha value is -3.32. The number of nitrogens with one attached hydrogen (secondary N) is 2. The maximum atomic E-state index is 13.0. The highest BCUT2D eigenvalue weighted by atomic mass is 35.5. The molecule has 0 saturated carbocycles. The summed E-state index contributed by atoms with van der Waals surface area (Å²) in [6, 6.07) is 10.6. The second kappa shape index (κ2) is 9.62. The van der Waals surface area contributed by atoms with Crippen LogP contribution in [-0.2, 0) is 9.59 Å². The summed E-state index contributed by atoms with van der Waals surface area (Å²) in [5.74, 6) is -0.650. The van der Waals surface area contributed by atoms with Crippen LogP contribution in [0.25, 0.3) is 6.08 Å². The van der Waals surface area contributed by atoms with Gasteiger partial charge in [0.1, 0.15) is 12.2 Å². The number of carbonyl (C=O) groups excluding carboxylic acids is 3.